The Morgan fingerprint density at radius 2 is 2.47 bits per heavy atom. The van der Waals surface area contributed by atoms with Crippen LogP contribution in [0.3, 0.4) is 0 Å². The van der Waals surface area contributed by atoms with E-state index in [0.717, 1.165) is 0 Å². The van der Waals surface area contributed by atoms with Crippen molar-refractivity contribution in [1.82, 2.24) is 5.32 Å². The molecule has 4 nitrogen and oxygen atoms in total. The van der Waals surface area contributed by atoms with Crippen molar-refractivity contribution in [1.29, 1.82) is 0 Å². The second-order valence-corrected chi connectivity index (χ2v) is 3.85. The summed E-state index contributed by atoms with van der Waals surface area (Å²) in [4.78, 5) is 11.2. The zero-order valence-electron chi connectivity index (χ0n) is 8.24. The molecule has 1 amide bonds. The van der Waals surface area contributed by atoms with E-state index < -0.39 is 6.10 Å². The highest BCUT2D eigenvalue weighted by Gasteiger charge is 1.99. The molecule has 1 aromatic rings. The van der Waals surface area contributed by atoms with E-state index in [-0.39, 0.29) is 12.5 Å². The van der Waals surface area contributed by atoms with E-state index in [2.05, 4.69) is 21.2 Å². The third-order valence-electron chi connectivity index (χ3n) is 1.56. The molecule has 0 aliphatic carbocycles. The Hall–Kier alpha value is -1.07. The van der Waals surface area contributed by atoms with E-state index in [1.807, 2.05) is 0 Å². The van der Waals surface area contributed by atoms with E-state index in [4.69, 9.17) is 9.52 Å². The predicted octanol–water partition coefficient (Wildman–Crippen LogP) is 1.55. The number of carbonyl (C=O) groups excluding carboxylic acids is 1. The lowest BCUT2D eigenvalue weighted by Crippen LogP contribution is -2.28. The van der Waals surface area contributed by atoms with Crippen LogP contribution in [0.2, 0.25) is 0 Å². The standard InChI is InChI=1S/C10H12BrNO3/c1-7(13)6-12-10(14)5-3-8-2-4-9(11)15-8/h2-5,7,13H,6H2,1H3,(H,12,14)/b5-3+. The zero-order valence-corrected chi connectivity index (χ0v) is 9.82. The second-order valence-electron chi connectivity index (χ2n) is 3.07. The molecule has 1 heterocycles. The van der Waals surface area contributed by atoms with Gasteiger partial charge in [-0.3, -0.25) is 4.79 Å². The fourth-order valence-corrected chi connectivity index (χ4v) is 1.20. The second kappa shape index (κ2) is 5.72. The largest absolute Gasteiger partial charge is 0.450 e. The lowest BCUT2D eigenvalue weighted by molar-refractivity contribution is -0.116. The van der Waals surface area contributed by atoms with Gasteiger partial charge in [0.1, 0.15) is 5.76 Å². The van der Waals surface area contributed by atoms with E-state index in [9.17, 15) is 4.79 Å². The molecule has 1 aromatic heterocycles. The summed E-state index contributed by atoms with van der Waals surface area (Å²) >= 11 is 3.15. The third kappa shape index (κ3) is 4.80. The highest BCUT2D eigenvalue weighted by Crippen LogP contribution is 2.14. The maximum Gasteiger partial charge on any atom is 0.244 e. The lowest BCUT2D eigenvalue weighted by atomic mass is 10.3. The molecule has 1 atom stereocenters. The van der Waals surface area contributed by atoms with Crippen LogP contribution in [0, 0.1) is 0 Å². The number of hydrogen-bond acceptors (Lipinski definition) is 3. The number of amides is 1. The molecule has 15 heavy (non-hydrogen) atoms. The highest BCUT2D eigenvalue weighted by molar-refractivity contribution is 9.10. The van der Waals surface area contributed by atoms with E-state index >= 15 is 0 Å². The minimum atomic E-state index is -0.542. The van der Waals surface area contributed by atoms with E-state index in [1.165, 1.54) is 6.08 Å². The Morgan fingerprint density at radius 1 is 1.73 bits per heavy atom. The van der Waals surface area contributed by atoms with Gasteiger partial charge in [-0.25, -0.2) is 0 Å². The normalized spacial score (nSPS) is 13.0. The molecule has 2 N–H and O–H groups in total. The number of nitrogens with one attached hydrogen (secondary N) is 1. The maximum absolute atomic E-state index is 11.2. The van der Waals surface area contributed by atoms with Gasteiger partial charge >= 0.3 is 0 Å². The van der Waals surface area contributed by atoms with Crippen molar-refractivity contribution < 1.29 is 14.3 Å². The molecule has 0 spiro atoms. The fraction of sp³-hybridized carbons (Fsp3) is 0.300. The molecular weight excluding hydrogens is 262 g/mol. The Labute approximate surface area is 96.1 Å². The van der Waals surface area contributed by atoms with Crippen LogP contribution in [0.4, 0.5) is 0 Å². The Kier molecular flexibility index (Phi) is 4.58. The lowest BCUT2D eigenvalue weighted by Gasteiger charge is -2.03. The summed E-state index contributed by atoms with van der Waals surface area (Å²) in [5.74, 6) is 0.331. The fourth-order valence-electron chi connectivity index (χ4n) is 0.883. The van der Waals surface area contributed by atoms with Crippen molar-refractivity contribution in [2.24, 2.45) is 0 Å². The molecule has 0 aliphatic rings. The van der Waals surface area contributed by atoms with Crippen molar-refractivity contribution in [3.8, 4) is 0 Å². The first-order valence-electron chi connectivity index (χ1n) is 4.47. The van der Waals surface area contributed by atoms with E-state index in [0.29, 0.717) is 10.4 Å². The molecule has 0 radical (unpaired) electrons. The summed E-state index contributed by atoms with van der Waals surface area (Å²) in [7, 11) is 0. The quantitative estimate of drug-likeness (QED) is 0.819. The number of furan rings is 1. The summed E-state index contributed by atoms with van der Waals surface area (Å²) in [6.07, 6.45) is 2.37. The summed E-state index contributed by atoms with van der Waals surface area (Å²) in [5, 5.41) is 11.5. The Bertz CT molecular complexity index is 357. The molecule has 82 valence electrons. The Morgan fingerprint density at radius 3 is 3.00 bits per heavy atom. The number of halogens is 1. The number of rotatable bonds is 4. The molecular formula is C10H12BrNO3. The first-order chi connectivity index (χ1) is 7.08. The average Bonchev–Trinajstić information content (AvgIpc) is 2.58. The summed E-state index contributed by atoms with van der Waals surface area (Å²) < 4.78 is 5.78. The maximum atomic E-state index is 11.2. The van der Waals surface area contributed by atoms with Gasteiger partial charge in [0, 0.05) is 12.6 Å². The van der Waals surface area contributed by atoms with Gasteiger partial charge < -0.3 is 14.8 Å². The van der Waals surface area contributed by atoms with Gasteiger partial charge in [0.15, 0.2) is 4.67 Å². The molecule has 0 aliphatic heterocycles. The molecule has 0 fully saturated rings. The van der Waals surface area contributed by atoms with Gasteiger partial charge in [-0.1, -0.05) is 0 Å². The zero-order chi connectivity index (χ0) is 11.3. The molecule has 0 saturated carbocycles. The smallest absolute Gasteiger partial charge is 0.244 e. The third-order valence-corrected chi connectivity index (χ3v) is 1.99. The average molecular weight is 274 g/mol. The minimum absolute atomic E-state index is 0.241. The van der Waals surface area contributed by atoms with Crippen LogP contribution in [0.1, 0.15) is 12.7 Å². The molecule has 5 heteroatoms. The SMILES string of the molecule is CC(O)CNC(=O)/C=C/c1ccc(Br)o1. The number of aliphatic hydroxyl groups is 1. The Balaban J connectivity index is 2.40. The summed E-state index contributed by atoms with van der Waals surface area (Å²) in [6.45, 7) is 1.85. The molecule has 0 saturated heterocycles. The van der Waals surface area contributed by atoms with Crippen molar-refractivity contribution in [2.75, 3.05) is 6.54 Å². The predicted molar refractivity (Wildman–Crippen MR) is 60.1 cm³/mol. The first-order valence-corrected chi connectivity index (χ1v) is 5.26. The van der Waals surface area contributed by atoms with Crippen LogP contribution >= 0.6 is 15.9 Å². The number of hydrogen-bond donors (Lipinski definition) is 2. The summed E-state index contributed by atoms with van der Waals surface area (Å²) in [6, 6.07) is 3.48. The number of carbonyl (C=O) groups is 1. The topological polar surface area (TPSA) is 62.5 Å². The van der Waals surface area contributed by atoms with Crippen LogP contribution in [0.15, 0.2) is 27.3 Å². The monoisotopic (exact) mass is 273 g/mol. The van der Waals surface area contributed by atoms with Gasteiger partial charge in [0.25, 0.3) is 0 Å². The van der Waals surface area contributed by atoms with Crippen LogP contribution in [0.25, 0.3) is 6.08 Å². The van der Waals surface area contributed by atoms with Crippen molar-refractivity contribution >= 4 is 27.9 Å². The van der Waals surface area contributed by atoms with Crippen molar-refractivity contribution in [3.05, 3.63) is 28.6 Å². The number of aliphatic hydroxyl groups excluding tert-OH is 1. The van der Waals surface area contributed by atoms with Gasteiger partial charge in [-0.2, -0.15) is 0 Å². The molecule has 1 rings (SSSR count). The van der Waals surface area contributed by atoms with Crippen molar-refractivity contribution in [2.45, 2.75) is 13.0 Å². The van der Waals surface area contributed by atoms with Crippen LogP contribution in [-0.4, -0.2) is 23.7 Å². The minimum Gasteiger partial charge on any atom is -0.450 e. The molecule has 0 aromatic carbocycles. The van der Waals surface area contributed by atoms with Crippen LogP contribution < -0.4 is 5.32 Å². The van der Waals surface area contributed by atoms with Gasteiger partial charge in [0.2, 0.25) is 5.91 Å². The van der Waals surface area contributed by atoms with E-state index in [1.54, 1.807) is 25.1 Å². The highest BCUT2D eigenvalue weighted by atomic mass is 79.9. The molecule has 1 unspecified atom stereocenters. The van der Waals surface area contributed by atoms with Crippen molar-refractivity contribution in [3.63, 3.8) is 0 Å². The van der Waals surface area contributed by atoms with Crippen LogP contribution in [-0.2, 0) is 4.79 Å². The molecule has 0 bridgehead atoms. The first kappa shape index (κ1) is 12.0. The van der Waals surface area contributed by atoms with Gasteiger partial charge in [-0.05, 0) is 41.1 Å². The summed E-state index contributed by atoms with van der Waals surface area (Å²) in [5.41, 5.74) is 0. The van der Waals surface area contributed by atoms with Crippen LogP contribution in [0.5, 0.6) is 0 Å². The van der Waals surface area contributed by atoms with Gasteiger partial charge in [-0.15, -0.1) is 0 Å². The van der Waals surface area contributed by atoms with Gasteiger partial charge in [0.05, 0.1) is 6.10 Å².